The summed E-state index contributed by atoms with van der Waals surface area (Å²) < 4.78 is 33.8. The number of hydrogen-bond donors (Lipinski definition) is 1. The third-order valence-corrected chi connectivity index (χ3v) is 8.55. The highest BCUT2D eigenvalue weighted by molar-refractivity contribution is 7.89. The number of piperidine rings is 1. The summed E-state index contributed by atoms with van der Waals surface area (Å²) in [5.41, 5.74) is 5.25. The molecule has 184 valence electrons. The maximum absolute atomic E-state index is 13.5. The Bertz CT molecular complexity index is 1330. The predicted octanol–water partition coefficient (Wildman–Crippen LogP) is 5.12. The molecule has 1 amide bonds. The van der Waals surface area contributed by atoms with Gasteiger partial charge in [0.05, 0.1) is 0 Å². The van der Waals surface area contributed by atoms with E-state index in [2.05, 4.69) is 10.5 Å². The number of nitrogens with one attached hydrogen (secondary N) is 1. The quantitative estimate of drug-likeness (QED) is 0.515. The van der Waals surface area contributed by atoms with Crippen LogP contribution < -0.4 is 5.32 Å². The SMILES string of the molecule is Cc1ccc(C=Cc2onc(C)c2S(=O)(=O)N2CCC(C(=O)Nc3c(C)cccc3C)CC2)cc1. The van der Waals surface area contributed by atoms with Gasteiger partial charge in [-0.2, -0.15) is 4.31 Å². The normalized spacial score (nSPS) is 15.5. The van der Waals surface area contributed by atoms with E-state index in [0.29, 0.717) is 18.5 Å². The van der Waals surface area contributed by atoms with Gasteiger partial charge in [0.15, 0.2) is 10.7 Å². The Balaban J connectivity index is 1.46. The summed E-state index contributed by atoms with van der Waals surface area (Å²) in [7, 11) is -3.82. The lowest BCUT2D eigenvalue weighted by Gasteiger charge is -2.30. The van der Waals surface area contributed by atoms with Crippen molar-refractivity contribution in [2.24, 2.45) is 5.92 Å². The van der Waals surface area contributed by atoms with Gasteiger partial charge in [-0.15, -0.1) is 0 Å². The highest BCUT2D eigenvalue weighted by Crippen LogP contribution is 2.30. The molecule has 2 aromatic carbocycles. The lowest BCUT2D eigenvalue weighted by Crippen LogP contribution is -2.41. The zero-order chi connectivity index (χ0) is 25.2. The number of amides is 1. The highest BCUT2D eigenvalue weighted by atomic mass is 32.2. The number of sulfonamides is 1. The van der Waals surface area contributed by atoms with Crippen molar-refractivity contribution in [2.45, 2.75) is 45.4 Å². The molecule has 0 saturated carbocycles. The zero-order valence-corrected chi connectivity index (χ0v) is 21.4. The van der Waals surface area contributed by atoms with E-state index in [9.17, 15) is 13.2 Å². The minimum atomic E-state index is -3.82. The van der Waals surface area contributed by atoms with Crippen molar-refractivity contribution in [2.75, 3.05) is 18.4 Å². The van der Waals surface area contributed by atoms with Gasteiger partial charge >= 0.3 is 0 Å². The maximum Gasteiger partial charge on any atom is 0.248 e. The molecule has 0 aliphatic carbocycles. The van der Waals surface area contributed by atoms with Gasteiger partial charge in [-0.1, -0.05) is 59.3 Å². The Labute approximate surface area is 206 Å². The fraction of sp³-hybridized carbons (Fsp3) is 0.333. The van der Waals surface area contributed by atoms with E-state index < -0.39 is 10.0 Å². The van der Waals surface area contributed by atoms with Crippen LogP contribution in [0.2, 0.25) is 0 Å². The summed E-state index contributed by atoms with van der Waals surface area (Å²) in [6.45, 7) is 8.09. The van der Waals surface area contributed by atoms with E-state index in [1.165, 1.54) is 4.31 Å². The standard InChI is InChI=1S/C27H31N3O4S/c1-18-8-10-22(11-9-18)12-13-24-26(21(4)29-34-24)35(32,33)30-16-14-23(15-17-30)27(31)28-25-19(2)6-5-7-20(25)3/h5-13,23H,14-17H2,1-4H3,(H,28,31). The van der Waals surface area contributed by atoms with Crippen molar-refractivity contribution in [3.8, 4) is 0 Å². The molecule has 1 saturated heterocycles. The molecule has 0 unspecified atom stereocenters. The lowest BCUT2D eigenvalue weighted by molar-refractivity contribution is -0.120. The Kier molecular flexibility index (Phi) is 7.23. The smallest absolute Gasteiger partial charge is 0.248 e. The summed E-state index contributed by atoms with van der Waals surface area (Å²) >= 11 is 0. The van der Waals surface area contributed by atoms with Crippen LogP contribution in [0.1, 0.15) is 46.5 Å². The molecule has 0 radical (unpaired) electrons. The highest BCUT2D eigenvalue weighted by Gasteiger charge is 2.36. The molecule has 1 N–H and O–H groups in total. The number of carbonyl (C=O) groups excluding carboxylic acids is 1. The Morgan fingerprint density at radius 3 is 2.26 bits per heavy atom. The molecule has 0 atom stereocenters. The number of rotatable bonds is 6. The van der Waals surface area contributed by atoms with Crippen molar-refractivity contribution < 1.29 is 17.7 Å². The molecule has 2 heterocycles. The molecule has 0 spiro atoms. The first-order valence-electron chi connectivity index (χ1n) is 11.7. The summed E-state index contributed by atoms with van der Waals surface area (Å²) in [6, 6.07) is 13.8. The van der Waals surface area contributed by atoms with Gasteiger partial charge < -0.3 is 9.84 Å². The van der Waals surface area contributed by atoms with Crippen LogP contribution >= 0.6 is 0 Å². The van der Waals surface area contributed by atoms with Crippen molar-refractivity contribution >= 4 is 33.8 Å². The molecule has 1 aromatic heterocycles. The monoisotopic (exact) mass is 493 g/mol. The van der Waals surface area contributed by atoms with Gasteiger partial charge in [-0.05, 0) is 63.3 Å². The first kappa shape index (κ1) is 24.9. The number of benzene rings is 2. The van der Waals surface area contributed by atoms with E-state index in [4.69, 9.17) is 4.52 Å². The molecule has 4 rings (SSSR count). The second-order valence-corrected chi connectivity index (χ2v) is 11.0. The van der Waals surface area contributed by atoms with Crippen LogP contribution in [-0.2, 0) is 14.8 Å². The van der Waals surface area contributed by atoms with Gasteiger partial charge in [0, 0.05) is 24.7 Å². The number of para-hydroxylation sites is 1. The first-order chi connectivity index (χ1) is 16.7. The molecule has 3 aromatic rings. The summed E-state index contributed by atoms with van der Waals surface area (Å²) in [4.78, 5) is 13.0. The Morgan fingerprint density at radius 1 is 1.00 bits per heavy atom. The molecule has 1 aliphatic heterocycles. The van der Waals surface area contributed by atoms with Crippen LogP contribution in [0.3, 0.4) is 0 Å². The third-order valence-electron chi connectivity index (χ3n) is 6.49. The van der Waals surface area contributed by atoms with Crippen LogP contribution in [0.15, 0.2) is 51.9 Å². The van der Waals surface area contributed by atoms with E-state index >= 15 is 0 Å². The average Bonchev–Trinajstić information content (AvgIpc) is 3.22. The number of aromatic nitrogens is 1. The summed E-state index contributed by atoms with van der Waals surface area (Å²) in [5.74, 6) is -0.106. The third kappa shape index (κ3) is 5.39. The van der Waals surface area contributed by atoms with Crippen molar-refractivity contribution in [3.63, 3.8) is 0 Å². The molecule has 1 aliphatic rings. The number of nitrogens with zero attached hydrogens (tertiary/aromatic N) is 2. The van der Waals surface area contributed by atoms with E-state index in [1.807, 2.05) is 69.3 Å². The van der Waals surface area contributed by atoms with Crippen LogP contribution in [-0.4, -0.2) is 36.9 Å². The minimum Gasteiger partial charge on any atom is -0.355 e. The van der Waals surface area contributed by atoms with Gasteiger partial charge in [0.25, 0.3) is 0 Å². The Morgan fingerprint density at radius 2 is 1.63 bits per heavy atom. The lowest BCUT2D eigenvalue weighted by atomic mass is 9.96. The topological polar surface area (TPSA) is 92.5 Å². The Hall–Kier alpha value is -3.23. The van der Waals surface area contributed by atoms with Crippen LogP contribution in [0.4, 0.5) is 5.69 Å². The molecule has 0 bridgehead atoms. The number of aryl methyl sites for hydroxylation is 4. The van der Waals surface area contributed by atoms with Crippen molar-refractivity contribution in [3.05, 3.63) is 76.2 Å². The van der Waals surface area contributed by atoms with Gasteiger partial charge in [0.1, 0.15) is 5.69 Å². The first-order valence-corrected chi connectivity index (χ1v) is 13.2. The fourth-order valence-electron chi connectivity index (χ4n) is 4.37. The maximum atomic E-state index is 13.5. The number of hydrogen-bond acceptors (Lipinski definition) is 5. The second kappa shape index (κ2) is 10.2. The minimum absolute atomic E-state index is 0.0673. The average molecular weight is 494 g/mol. The fourth-order valence-corrected chi connectivity index (χ4v) is 6.09. The zero-order valence-electron chi connectivity index (χ0n) is 20.5. The van der Waals surface area contributed by atoms with Gasteiger partial charge in [-0.25, -0.2) is 8.42 Å². The van der Waals surface area contributed by atoms with Crippen LogP contribution in [0.5, 0.6) is 0 Å². The molecular formula is C27H31N3O4S. The van der Waals surface area contributed by atoms with Crippen molar-refractivity contribution in [1.29, 1.82) is 0 Å². The predicted molar refractivity (Wildman–Crippen MR) is 137 cm³/mol. The van der Waals surface area contributed by atoms with Crippen LogP contribution in [0.25, 0.3) is 12.2 Å². The summed E-state index contributed by atoms with van der Waals surface area (Å²) in [5, 5.41) is 6.96. The van der Waals surface area contributed by atoms with Gasteiger partial charge in [0.2, 0.25) is 15.9 Å². The molecule has 8 heteroatoms. The molecular weight excluding hydrogens is 462 g/mol. The number of carbonyl (C=O) groups is 1. The van der Waals surface area contributed by atoms with Crippen molar-refractivity contribution in [1.82, 2.24) is 9.46 Å². The van der Waals surface area contributed by atoms with Gasteiger partial charge in [-0.3, -0.25) is 4.79 Å². The summed E-state index contributed by atoms with van der Waals surface area (Å²) in [6.07, 6.45) is 4.36. The van der Waals surface area contributed by atoms with E-state index in [-0.39, 0.29) is 35.6 Å². The number of anilines is 1. The largest absolute Gasteiger partial charge is 0.355 e. The molecule has 35 heavy (non-hydrogen) atoms. The van der Waals surface area contributed by atoms with Crippen LogP contribution in [0, 0.1) is 33.6 Å². The second-order valence-electron chi connectivity index (χ2n) is 9.14. The molecule has 7 nitrogen and oxygen atoms in total. The van der Waals surface area contributed by atoms with E-state index in [0.717, 1.165) is 27.9 Å². The van der Waals surface area contributed by atoms with E-state index in [1.54, 1.807) is 13.0 Å². The molecule has 1 fully saturated rings.